The van der Waals surface area contributed by atoms with Crippen LogP contribution >= 0.6 is 27.5 Å². The molecule has 2 aromatic carbocycles. The Morgan fingerprint density at radius 1 is 1.30 bits per heavy atom. The zero-order chi connectivity index (χ0) is 14.3. The molecular formula is C15H11BrClFN2. The van der Waals surface area contributed by atoms with Gasteiger partial charge in [-0.2, -0.15) is 0 Å². The summed E-state index contributed by atoms with van der Waals surface area (Å²) in [5, 5.41) is 0. The van der Waals surface area contributed by atoms with Gasteiger partial charge in [0.15, 0.2) is 0 Å². The van der Waals surface area contributed by atoms with Gasteiger partial charge in [0.05, 0.1) is 22.6 Å². The molecule has 20 heavy (non-hydrogen) atoms. The second-order valence-electron chi connectivity index (χ2n) is 4.56. The molecule has 0 saturated heterocycles. The number of imidazole rings is 1. The third kappa shape index (κ3) is 2.13. The van der Waals surface area contributed by atoms with E-state index in [1.807, 2.05) is 25.1 Å². The number of halogens is 3. The van der Waals surface area contributed by atoms with Gasteiger partial charge >= 0.3 is 0 Å². The summed E-state index contributed by atoms with van der Waals surface area (Å²) in [6, 6.07) is 10.8. The number of para-hydroxylation sites is 1. The average Bonchev–Trinajstić information content (AvgIpc) is 2.77. The summed E-state index contributed by atoms with van der Waals surface area (Å²) in [6.45, 7) is 1.99. The lowest BCUT2D eigenvalue weighted by atomic mass is 10.2. The Hall–Kier alpha value is -1.39. The number of hydrogen-bond acceptors (Lipinski definition) is 1. The zero-order valence-corrected chi connectivity index (χ0v) is 13.0. The van der Waals surface area contributed by atoms with Gasteiger partial charge in [0, 0.05) is 4.47 Å². The highest BCUT2D eigenvalue weighted by molar-refractivity contribution is 9.10. The summed E-state index contributed by atoms with van der Waals surface area (Å²) in [6.07, 6.45) is 0. The van der Waals surface area contributed by atoms with Crippen molar-refractivity contribution >= 4 is 38.6 Å². The summed E-state index contributed by atoms with van der Waals surface area (Å²) in [7, 11) is 0. The predicted molar refractivity (Wildman–Crippen MR) is 83.0 cm³/mol. The van der Waals surface area contributed by atoms with Gasteiger partial charge in [0.1, 0.15) is 11.6 Å². The van der Waals surface area contributed by atoms with E-state index in [0.717, 1.165) is 16.6 Å². The molecule has 0 fully saturated rings. The molecule has 0 aliphatic heterocycles. The van der Waals surface area contributed by atoms with Gasteiger partial charge in [0.2, 0.25) is 0 Å². The van der Waals surface area contributed by atoms with Crippen LogP contribution in [0.4, 0.5) is 4.39 Å². The third-order valence-corrected chi connectivity index (χ3v) is 4.04. The highest BCUT2D eigenvalue weighted by atomic mass is 79.9. The highest BCUT2D eigenvalue weighted by Gasteiger charge is 2.17. The Morgan fingerprint density at radius 3 is 2.80 bits per heavy atom. The van der Waals surface area contributed by atoms with E-state index in [4.69, 9.17) is 11.6 Å². The zero-order valence-electron chi connectivity index (χ0n) is 10.7. The van der Waals surface area contributed by atoms with Crippen molar-refractivity contribution in [2.45, 2.75) is 12.8 Å². The molecule has 1 aromatic heterocycles. The molecule has 1 heterocycles. The van der Waals surface area contributed by atoms with E-state index in [1.54, 1.807) is 16.7 Å². The van der Waals surface area contributed by atoms with Crippen LogP contribution in [0.25, 0.3) is 16.7 Å². The highest BCUT2D eigenvalue weighted by Crippen LogP contribution is 2.30. The lowest BCUT2D eigenvalue weighted by Gasteiger charge is -2.11. The number of benzene rings is 2. The number of rotatable bonds is 2. The maximum atomic E-state index is 14.2. The molecule has 0 unspecified atom stereocenters. The van der Waals surface area contributed by atoms with Crippen molar-refractivity contribution in [3.63, 3.8) is 0 Å². The summed E-state index contributed by atoms with van der Waals surface area (Å²) >= 11 is 9.38. The summed E-state index contributed by atoms with van der Waals surface area (Å²) < 4.78 is 16.7. The Labute approximate surface area is 129 Å². The average molecular weight is 354 g/mol. The topological polar surface area (TPSA) is 17.8 Å². The molecule has 102 valence electrons. The monoisotopic (exact) mass is 352 g/mol. The first-order valence-corrected chi connectivity index (χ1v) is 7.43. The molecule has 0 bridgehead atoms. The number of alkyl halides is 1. The molecule has 0 amide bonds. The lowest BCUT2D eigenvalue weighted by molar-refractivity contribution is 0.616. The SMILES string of the molecule is Cc1ccc2nc(CCl)n(-c3c(F)cccc3Br)c2c1. The first-order valence-electron chi connectivity index (χ1n) is 6.10. The van der Waals surface area contributed by atoms with Crippen LogP contribution in [0.2, 0.25) is 0 Å². The van der Waals surface area contributed by atoms with Crippen molar-refractivity contribution < 1.29 is 4.39 Å². The van der Waals surface area contributed by atoms with Gasteiger partial charge in [-0.25, -0.2) is 9.37 Å². The number of hydrogen-bond donors (Lipinski definition) is 0. The van der Waals surface area contributed by atoms with Crippen molar-refractivity contribution in [3.8, 4) is 5.69 Å². The van der Waals surface area contributed by atoms with Crippen LogP contribution in [0.5, 0.6) is 0 Å². The number of nitrogens with zero attached hydrogens (tertiary/aromatic N) is 2. The minimum Gasteiger partial charge on any atom is -0.291 e. The maximum absolute atomic E-state index is 14.2. The van der Waals surface area contributed by atoms with E-state index < -0.39 is 0 Å². The lowest BCUT2D eigenvalue weighted by Crippen LogP contribution is -2.03. The van der Waals surface area contributed by atoms with Crippen molar-refractivity contribution in [3.05, 3.63) is 58.1 Å². The quantitative estimate of drug-likeness (QED) is 0.594. The minimum atomic E-state index is -0.313. The third-order valence-electron chi connectivity index (χ3n) is 3.16. The molecule has 0 atom stereocenters. The first kappa shape index (κ1) is 13.6. The molecule has 0 saturated carbocycles. The fourth-order valence-electron chi connectivity index (χ4n) is 2.28. The van der Waals surface area contributed by atoms with Gasteiger partial charge in [-0.3, -0.25) is 4.57 Å². The van der Waals surface area contributed by atoms with E-state index in [9.17, 15) is 4.39 Å². The van der Waals surface area contributed by atoms with Crippen molar-refractivity contribution in [1.29, 1.82) is 0 Å². The van der Waals surface area contributed by atoms with Gasteiger partial charge in [-0.1, -0.05) is 12.1 Å². The molecule has 0 aliphatic rings. The normalized spacial score (nSPS) is 11.2. The van der Waals surface area contributed by atoms with Gasteiger partial charge < -0.3 is 0 Å². The number of fused-ring (bicyclic) bond motifs is 1. The molecular weight excluding hydrogens is 343 g/mol. The van der Waals surface area contributed by atoms with Crippen molar-refractivity contribution in [2.24, 2.45) is 0 Å². The molecule has 0 N–H and O–H groups in total. The first-order chi connectivity index (χ1) is 9.61. The maximum Gasteiger partial charge on any atom is 0.148 e. The van der Waals surface area contributed by atoms with Crippen LogP contribution in [0, 0.1) is 12.7 Å². The van der Waals surface area contributed by atoms with Crippen LogP contribution in [-0.4, -0.2) is 9.55 Å². The summed E-state index contributed by atoms with van der Waals surface area (Å²) in [4.78, 5) is 4.47. The summed E-state index contributed by atoms with van der Waals surface area (Å²) in [5.41, 5.74) is 3.19. The van der Waals surface area contributed by atoms with Gasteiger partial charge in [-0.05, 0) is 52.7 Å². The number of aryl methyl sites for hydroxylation is 1. The molecule has 0 spiro atoms. The van der Waals surface area contributed by atoms with Crippen molar-refractivity contribution in [1.82, 2.24) is 9.55 Å². The van der Waals surface area contributed by atoms with E-state index in [1.165, 1.54) is 6.07 Å². The number of aromatic nitrogens is 2. The molecule has 2 nitrogen and oxygen atoms in total. The molecule has 5 heteroatoms. The van der Waals surface area contributed by atoms with Crippen LogP contribution in [0.15, 0.2) is 40.9 Å². The van der Waals surface area contributed by atoms with Crippen LogP contribution in [0.3, 0.4) is 0 Å². The van der Waals surface area contributed by atoms with E-state index >= 15 is 0 Å². The Balaban J connectivity index is 2.42. The molecule has 0 radical (unpaired) electrons. The largest absolute Gasteiger partial charge is 0.291 e. The van der Waals surface area contributed by atoms with Crippen LogP contribution < -0.4 is 0 Å². The van der Waals surface area contributed by atoms with Gasteiger partial charge in [-0.15, -0.1) is 11.6 Å². The molecule has 3 rings (SSSR count). The molecule has 3 aromatic rings. The van der Waals surface area contributed by atoms with E-state index in [-0.39, 0.29) is 11.7 Å². The fourth-order valence-corrected chi connectivity index (χ4v) is 2.98. The fraction of sp³-hybridized carbons (Fsp3) is 0.133. The summed E-state index contributed by atoms with van der Waals surface area (Å²) in [5.74, 6) is 0.527. The second-order valence-corrected chi connectivity index (χ2v) is 5.68. The standard InChI is InChI=1S/C15H11BrClFN2/c1-9-5-6-12-13(7-9)20(14(8-17)19-12)15-10(16)3-2-4-11(15)18/h2-7H,8H2,1H3. The van der Waals surface area contributed by atoms with Crippen LogP contribution in [0.1, 0.15) is 11.4 Å². The Kier molecular flexibility index (Phi) is 3.52. The second kappa shape index (κ2) is 5.19. The van der Waals surface area contributed by atoms with Crippen molar-refractivity contribution in [2.75, 3.05) is 0 Å². The Morgan fingerprint density at radius 2 is 2.10 bits per heavy atom. The molecule has 0 aliphatic carbocycles. The Bertz CT molecular complexity index is 778. The van der Waals surface area contributed by atoms with Gasteiger partial charge in [0.25, 0.3) is 0 Å². The smallest absolute Gasteiger partial charge is 0.148 e. The minimum absolute atomic E-state index is 0.217. The van der Waals surface area contributed by atoms with E-state index in [0.29, 0.717) is 16.0 Å². The predicted octanol–water partition coefficient (Wildman–Crippen LogP) is 4.97. The van der Waals surface area contributed by atoms with E-state index in [2.05, 4.69) is 20.9 Å². The van der Waals surface area contributed by atoms with Crippen LogP contribution in [-0.2, 0) is 5.88 Å².